The number of benzene rings is 1. The molecular formula is C12H17NO4S. The SMILES string of the molecule is CCCCCC(=O)OS(=O)(=O)c1ccc(N)cc1. The lowest BCUT2D eigenvalue weighted by Crippen LogP contribution is -2.13. The third-order valence-corrected chi connectivity index (χ3v) is 3.61. The van der Waals surface area contributed by atoms with Crippen LogP contribution in [0.5, 0.6) is 0 Å². The Morgan fingerprint density at radius 1 is 1.22 bits per heavy atom. The molecule has 0 aliphatic rings. The molecule has 0 radical (unpaired) electrons. The standard InChI is InChI=1S/C12H17NO4S/c1-2-3-4-5-12(14)17-18(15,16)11-8-6-10(13)7-9-11/h6-9H,2-5,13H2,1H3. The molecule has 1 rings (SSSR count). The minimum Gasteiger partial charge on any atom is -0.399 e. The zero-order valence-electron chi connectivity index (χ0n) is 10.3. The Bertz CT molecular complexity index is 493. The largest absolute Gasteiger partial charge is 0.399 e. The first kappa shape index (κ1) is 14.5. The third-order valence-electron chi connectivity index (χ3n) is 2.36. The van der Waals surface area contributed by atoms with Crippen LogP contribution in [-0.4, -0.2) is 14.4 Å². The fourth-order valence-electron chi connectivity index (χ4n) is 1.37. The number of hydrogen-bond donors (Lipinski definition) is 1. The van der Waals surface area contributed by atoms with Gasteiger partial charge < -0.3 is 9.92 Å². The molecule has 100 valence electrons. The molecule has 0 saturated carbocycles. The van der Waals surface area contributed by atoms with Gasteiger partial charge in [0.2, 0.25) is 0 Å². The van der Waals surface area contributed by atoms with Gasteiger partial charge in [0.1, 0.15) is 4.90 Å². The lowest BCUT2D eigenvalue weighted by molar-refractivity contribution is -0.133. The van der Waals surface area contributed by atoms with Crippen molar-refractivity contribution in [3.05, 3.63) is 24.3 Å². The monoisotopic (exact) mass is 271 g/mol. The molecule has 6 heteroatoms. The Morgan fingerprint density at radius 3 is 2.39 bits per heavy atom. The van der Waals surface area contributed by atoms with Gasteiger partial charge in [-0.15, -0.1) is 0 Å². The number of carbonyl (C=O) groups is 1. The zero-order valence-corrected chi connectivity index (χ0v) is 11.1. The van der Waals surface area contributed by atoms with Crippen molar-refractivity contribution in [1.29, 1.82) is 0 Å². The quantitative estimate of drug-likeness (QED) is 0.486. The van der Waals surface area contributed by atoms with E-state index in [4.69, 9.17) is 5.73 Å². The van der Waals surface area contributed by atoms with Crippen molar-refractivity contribution >= 4 is 21.8 Å². The smallest absolute Gasteiger partial charge is 0.341 e. The van der Waals surface area contributed by atoms with E-state index >= 15 is 0 Å². The molecule has 0 fully saturated rings. The highest BCUT2D eigenvalue weighted by Gasteiger charge is 2.19. The van der Waals surface area contributed by atoms with Gasteiger partial charge in [-0.1, -0.05) is 19.8 Å². The molecule has 0 aliphatic heterocycles. The molecule has 0 heterocycles. The van der Waals surface area contributed by atoms with Gasteiger partial charge in [0, 0.05) is 12.1 Å². The average Bonchev–Trinajstić information content (AvgIpc) is 2.29. The number of carbonyl (C=O) groups excluding carboxylic acids is 1. The number of nitrogens with two attached hydrogens (primary N) is 1. The summed E-state index contributed by atoms with van der Waals surface area (Å²) in [5.74, 6) is -0.722. The maximum absolute atomic E-state index is 11.7. The lowest BCUT2D eigenvalue weighted by Gasteiger charge is -2.05. The van der Waals surface area contributed by atoms with Gasteiger partial charge in [-0.2, -0.15) is 8.42 Å². The highest BCUT2D eigenvalue weighted by atomic mass is 32.2. The van der Waals surface area contributed by atoms with Crippen molar-refractivity contribution in [3.63, 3.8) is 0 Å². The number of rotatable bonds is 6. The topological polar surface area (TPSA) is 86.5 Å². The van der Waals surface area contributed by atoms with Crippen LogP contribution in [0.4, 0.5) is 5.69 Å². The van der Waals surface area contributed by atoms with Crippen molar-refractivity contribution in [2.45, 2.75) is 37.5 Å². The fourth-order valence-corrected chi connectivity index (χ4v) is 2.26. The second-order valence-electron chi connectivity index (χ2n) is 3.94. The Balaban J connectivity index is 2.64. The predicted molar refractivity (Wildman–Crippen MR) is 68.3 cm³/mol. The van der Waals surface area contributed by atoms with Gasteiger partial charge in [-0.25, -0.2) is 0 Å². The molecular weight excluding hydrogens is 254 g/mol. The molecule has 0 saturated heterocycles. The van der Waals surface area contributed by atoms with Crippen LogP contribution in [0.2, 0.25) is 0 Å². The second kappa shape index (κ2) is 6.39. The van der Waals surface area contributed by atoms with Gasteiger partial charge in [0.05, 0.1) is 0 Å². The second-order valence-corrected chi connectivity index (χ2v) is 5.48. The van der Waals surface area contributed by atoms with Gasteiger partial charge in [0.25, 0.3) is 0 Å². The summed E-state index contributed by atoms with van der Waals surface area (Å²) in [4.78, 5) is 11.3. The van der Waals surface area contributed by atoms with E-state index in [9.17, 15) is 13.2 Å². The number of nitrogen functional groups attached to an aromatic ring is 1. The molecule has 2 N–H and O–H groups in total. The first-order valence-electron chi connectivity index (χ1n) is 5.78. The van der Waals surface area contributed by atoms with Gasteiger partial charge in [-0.3, -0.25) is 4.79 Å². The fraction of sp³-hybridized carbons (Fsp3) is 0.417. The minimum atomic E-state index is -4.02. The maximum Gasteiger partial charge on any atom is 0.341 e. The van der Waals surface area contributed by atoms with Crippen LogP contribution < -0.4 is 5.73 Å². The Labute approximate surface area is 107 Å². The lowest BCUT2D eigenvalue weighted by atomic mass is 10.2. The van der Waals surface area contributed by atoms with E-state index < -0.39 is 16.1 Å². The van der Waals surface area contributed by atoms with Crippen molar-refractivity contribution in [1.82, 2.24) is 0 Å². The predicted octanol–water partition coefficient (Wildman–Crippen LogP) is 2.08. The van der Waals surface area contributed by atoms with E-state index in [2.05, 4.69) is 4.18 Å². The molecule has 0 spiro atoms. The van der Waals surface area contributed by atoms with Crippen molar-refractivity contribution in [2.75, 3.05) is 5.73 Å². The summed E-state index contributed by atoms with van der Waals surface area (Å²) in [5, 5.41) is 0. The van der Waals surface area contributed by atoms with E-state index in [-0.39, 0.29) is 11.3 Å². The summed E-state index contributed by atoms with van der Waals surface area (Å²) in [6, 6.07) is 5.50. The van der Waals surface area contributed by atoms with Crippen molar-refractivity contribution < 1.29 is 17.4 Å². The summed E-state index contributed by atoms with van der Waals surface area (Å²) in [6.45, 7) is 2.00. The van der Waals surface area contributed by atoms with Crippen LogP contribution in [-0.2, 0) is 19.1 Å². The van der Waals surface area contributed by atoms with Crippen LogP contribution in [0.1, 0.15) is 32.6 Å². The average molecular weight is 271 g/mol. The Hall–Kier alpha value is -1.56. The summed E-state index contributed by atoms with van der Waals surface area (Å²) in [7, 11) is -4.02. The molecule has 0 amide bonds. The summed E-state index contributed by atoms with van der Waals surface area (Å²) < 4.78 is 27.9. The van der Waals surface area contributed by atoms with Crippen molar-refractivity contribution in [2.24, 2.45) is 0 Å². The van der Waals surface area contributed by atoms with Crippen LogP contribution in [0.3, 0.4) is 0 Å². The van der Waals surface area contributed by atoms with Crippen molar-refractivity contribution in [3.8, 4) is 0 Å². The van der Waals surface area contributed by atoms with Gasteiger partial charge in [-0.05, 0) is 30.7 Å². The van der Waals surface area contributed by atoms with Crippen LogP contribution in [0.15, 0.2) is 29.2 Å². The van der Waals surface area contributed by atoms with Gasteiger partial charge >= 0.3 is 16.1 Å². The summed E-state index contributed by atoms with van der Waals surface area (Å²) in [5.41, 5.74) is 5.90. The maximum atomic E-state index is 11.7. The number of unbranched alkanes of at least 4 members (excludes halogenated alkanes) is 2. The molecule has 5 nitrogen and oxygen atoms in total. The van der Waals surface area contributed by atoms with Gasteiger partial charge in [0.15, 0.2) is 0 Å². The summed E-state index contributed by atoms with van der Waals surface area (Å²) >= 11 is 0. The zero-order chi connectivity index (χ0) is 13.6. The first-order chi connectivity index (χ1) is 8.45. The molecule has 0 aromatic heterocycles. The Kier molecular flexibility index (Phi) is 5.15. The molecule has 0 aliphatic carbocycles. The van der Waals surface area contributed by atoms with Crippen LogP contribution in [0.25, 0.3) is 0 Å². The van der Waals surface area contributed by atoms with E-state index in [1.165, 1.54) is 24.3 Å². The van der Waals surface area contributed by atoms with Crippen LogP contribution >= 0.6 is 0 Å². The first-order valence-corrected chi connectivity index (χ1v) is 7.19. The third kappa shape index (κ3) is 4.37. The molecule has 1 aromatic rings. The molecule has 0 bridgehead atoms. The van der Waals surface area contributed by atoms with E-state index in [0.29, 0.717) is 12.1 Å². The molecule has 1 aromatic carbocycles. The normalized spacial score (nSPS) is 11.2. The Morgan fingerprint density at radius 2 is 1.83 bits per heavy atom. The van der Waals surface area contributed by atoms with Crippen LogP contribution in [0, 0.1) is 0 Å². The number of anilines is 1. The van der Waals surface area contributed by atoms with E-state index in [0.717, 1.165) is 12.8 Å². The summed E-state index contributed by atoms with van der Waals surface area (Å²) in [6.07, 6.45) is 2.57. The number of hydrogen-bond acceptors (Lipinski definition) is 5. The van der Waals surface area contributed by atoms with E-state index in [1.54, 1.807) is 0 Å². The van der Waals surface area contributed by atoms with E-state index in [1.807, 2.05) is 6.92 Å². The molecule has 0 unspecified atom stereocenters. The molecule has 18 heavy (non-hydrogen) atoms. The minimum absolute atomic E-state index is 0.0689. The molecule has 0 atom stereocenters. The highest BCUT2D eigenvalue weighted by molar-refractivity contribution is 7.87. The highest BCUT2D eigenvalue weighted by Crippen LogP contribution is 2.15.